The van der Waals surface area contributed by atoms with Crippen molar-refractivity contribution < 1.29 is 8.83 Å². The van der Waals surface area contributed by atoms with Crippen molar-refractivity contribution in [1.82, 2.24) is 9.97 Å². The third-order valence-corrected chi connectivity index (χ3v) is 2.70. The molecule has 0 fully saturated rings. The van der Waals surface area contributed by atoms with Gasteiger partial charge in [0.05, 0.1) is 6.20 Å². The molecule has 0 saturated carbocycles. The van der Waals surface area contributed by atoms with Crippen LogP contribution < -0.4 is 5.73 Å². The predicted molar refractivity (Wildman–Crippen MR) is 59.0 cm³/mol. The lowest BCUT2D eigenvalue weighted by Crippen LogP contribution is -1.82. The van der Waals surface area contributed by atoms with Gasteiger partial charge in [-0.1, -0.05) is 0 Å². The van der Waals surface area contributed by atoms with Crippen LogP contribution in [0.5, 0.6) is 0 Å². The van der Waals surface area contributed by atoms with E-state index in [1.54, 1.807) is 24.4 Å². The summed E-state index contributed by atoms with van der Waals surface area (Å²) in [5, 5.41) is 0.988. The van der Waals surface area contributed by atoms with E-state index in [0.717, 1.165) is 5.52 Å². The van der Waals surface area contributed by atoms with Gasteiger partial charge in [0.1, 0.15) is 11.8 Å². The van der Waals surface area contributed by atoms with Gasteiger partial charge in [-0.15, -0.1) is 0 Å². The van der Waals surface area contributed by atoms with Crippen molar-refractivity contribution in [2.75, 3.05) is 5.73 Å². The van der Waals surface area contributed by atoms with E-state index in [-0.39, 0.29) is 0 Å². The molecule has 1 aromatic carbocycles. The molecule has 3 rings (SSSR count). The third kappa shape index (κ3) is 1.63. The summed E-state index contributed by atoms with van der Waals surface area (Å²) in [4.78, 5) is 8.24. The number of anilines is 1. The minimum atomic E-state index is 0.489. The lowest BCUT2D eigenvalue weighted by Gasteiger charge is -1.88. The van der Waals surface area contributed by atoms with Crippen molar-refractivity contribution in [3.05, 3.63) is 30.7 Å². The van der Waals surface area contributed by atoms with Gasteiger partial charge in [-0.05, 0) is 18.2 Å². The summed E-state index contributed by atoms with van der Waals surface area (Å²) in [5.41, 5.74) is 7.74. The van der Waals surface area contributed by atoms with Crippen LogP contribution in [0.15, 0.2) is 49.9 Å². The first-order valence-corrected chi connectivity index (χ1v) is 5.36. The maximum atomic E-state index is 5.65. The number of nitrogen functional groups attached to an aromatic ring is 1. The molecule has 80 valence electrons. The highest BCUT2D eigenvalue weighted by Crippen LogP contribution is 2.29. The Morgan fingerprint density at radius 1 is 1.25 bits per heavy atom. The summed E-state index contributed by atoms with van der Waals surface area (Å²) >= 11 is 1.23. The SMILES string of the molecule is Nc1ccc2oc(Sc3ncco3)nc2c1. The number of hydrogen-bond acceptors (Lipinski definition) is 6. The van der Waals surface area contributed by atoms with E-state index in [2.05, 4.69) is 9.97 Å². The standard InChI is InChI=1S/C10H7N3O2S/c11-6-1-2-8-7(5-6)13-10(15-8)16-9-12-3-4-14-9/h1-5H,11H2. The molecule has 0 radical (unpaired) electrons. The second-order valence-corrected chi connectivity index (χ2v) is 4.01. The topological polar surface area (TPSA) is 78.1 Å². The molecular weight excluding hydrogens is 226 g/mol. The Labute approximate surface area is 94.7 Å². The van der Waals surface area contributed by atoms with Crippen molar-refractivity contribution in [3.63, 3.8) is 0 Å². The molecule has 2 heterocycles. The normalized spacial score (nSPS) is 11.0. The average Bonchev–Trinajstić information content (AvgIpc) is 2.86. The lowest BCUT2D eigenvalue weighted by molar-refractivity contribution is 0.443. The maximum Gasteiger partial charge on any atom is 0.266 e. The van der Waals surface area contributed by atoms with Gasteiger partial charge in [-0.3, -0.25) is 0 Å². The average molecular weight is 233 g/mol. The molecule has 16 heavy (non-hydrogen) atoms. The molecule has 2 aromatic heterocycles. The number of nitrogens with two attached hydrogens (primary N) is 1. The highest BCUT2D eigenvalue weighted by Gasteiger charge is 2.09. The molecule has 0 unspecified atom stereocenters. The monoisotopic (exact) mass is 233 g/mol. The van der Waals surface area contributed by atoms with E-state index < -0.39 is 0 Å². The number of rotatable bonds is 2. The number of fused-ring (bicyclic) bond motifs is 1. The van der Waals surface area contributed by atoms with Gasteiger partial charge in [-0.2, -0.15) is 0 Å². The molecule has 0 aliphatic heterocycles. The molecular formula is C10H7N3O2S. The molecule has 0 aliphatic carbocycles. The Morgan fingerprint density at radius 2 is 2.19 bits per heavy atom. The van der Waals surface area contributed by atoms with E-state index in [9.17, 15) is 0 Å². The first-order chi connectivity index (χ1) is 7.81. The van der Waals surface area contributed by atoms with Crippen LogP contribution in [0.3, 0.4) is 0 Å². The van der Waals surface area contributed by atoms with Gasteiger partial charge in [0.15, 0.2) is 5.58 Å². The summed E-state index contributed by atoms with van der Waals surface area (Å²) in [6.07, 6.45) is 3.08. The maximum absolute atomic E-state index is 5.65. The molecule has 0 atom stereocenters. The first-order valence-electron chi connectivity index (χ1n) is 4.55. The zero-order valence-electron chi connectivity index (χ0n) is 8.08. The highest BCUT2D eigenvalue weighted by atomic mass is 32.2. The highest BCUT2D eigenvalue weighted by molar-refractivity contribution is 7.98. The number of hydrogen-bond donors (Lipinski definition) is 1. The largest absolute Gasteiger partial charge is 0.440 e. The molecule has 2 N–H and O–H groups in total. The summed E-state index contributed by atoms with van der Waals surface area (Å²) in [6.45, 7) is 0. The fourth-order valence-corrected chi connectivity index (χ4v) is 1.94. The molecule has 0 saturated heterocycles. The smallest absolute Gasteiger partial charge is 0.266 e. The number of benzene rings is 1. The predicted octanol–water partition coefficient (Wildman–Crippen LogP) is 2.55. The number of aromatic nitrogens is 2. The molecule has 0 bridgehead atoms. The third-order valence-electron chi connectivity index (χ3n) is 1.98. The van der Waals surface area contributed by atoms with Crippen LogP contribution in [-0.2, 0) is 0 Å². The number of nitrogens with zero attached hydrogens (tertiary/aromatic N) is 2. The number of oxazole rings is 2. The van der Waals surface area contributed by atoms with Crippen molar-refractivity contribution in [2.45, 2.75) is 10.4 Å². The van der Waals surface area contributed by atoms with Crippen molar-refractivity contribution in [3.8, 4) is 0 Å². The Bertz CT molecular complexity index is 618. The Balaban J connectivity index is 1.99. The van der Waals surface area contributed by atoms with Gasteiger partial charge in [-0.25, -0.2) is 9.97 Å². The molecule has 0 spiro atoms. The minimum absolute atomic E-state index is 0.489. The van der Waals surface area contributed by atoms with Crippen molar-refractivity contribution in [1.29, 1.82) is 0 Å². The van der Waals surface area contributed by atoms with Crippen LogP contribution in [0.4, 0.5) is 5.69 Å². The van der Waals surface area contributed by atoms with Crippen LogP contribution in [0, 0.1) is 0 Å². The van der Waals surface area contributed by atoms with E-state index in [1.165, 1.54) is 18.0 Å². The Kier molecular flexibility index (Phi) is 2.07. The second-order valence-electron chi connectivity index (χ2n) is 3.11. The van der Waals surface area contributed by atoms with Gasteiger partial charge in [0.2, 0.25) is 0 Å². The van der Waals surface area contributed by atoms with Crippen molar-refractivity contribution in [2.24, 2.45) is 0 Å². The molecule has 6 heteroatoms. The van der Waals surface area contributed by atoms with Crippen LogP contribution in [-0.4, -0.2) is 9.97 Å². The summed E-state index contributed by atoms with van der Waals surface area (Å²) in [5.74, 6) is 0. The molecule has 0 aliphatic rings. The zero-order chi connectivity index (χ0) is 11.0. The Morgan fingerprint density at radius 3 is 3.00 bits per heavy atom. The fraction of sp³-hybridized carbons (Fsp3) is 0. The molecule has 5 nitrogen and oxygen atoms in total. The van der Waals surface area contributed by atoms with Crippen LogP contribution in [0.2, 0.25) is 0 Å². The van der Waals surface area contributed by atoms with Crippen molar-refractivity contribution >= 4 is 28.5 Å². The molecule has 3 aromatic rings. The van der Waals surface area contributed by atoms with Crippen LogP contribution >= 0.6 is 11.8 Å². The van der Waals surface area contributed by atoms with Gasteiger partial charge in [0, 0.05) is 17.4 Å². The summed E-state index contributed by atoms with van der Waals surface area (Å²) in [6, 6.07) is 5.32. The fourth-order valence-electron chi connectivity index (χ4n) is 1.30. The molecule has 0 amide bonds. The van der Waals surface area contributed by atoms with Gasteiger partial charge >= 0.3 is 0 Å². The van der Waals surface area contributed by atoms with E-state index in [0.29, 0.717) is 21.7 Å². The second kappa shape index (κ2) is 3.57. The zero-order valence-corrected chi connectivity index (χ0v) is 8.90. The van der Waals surface area contributed by atoms with Crippen LogP contribution in [0.1, 0.15) is 0 Å². The van der Waals surface area contributed by atoms with Gasteiger partial charge < -0.3 is 14.6 Å². The van der Waals surface area contributed by atoms with E-state index in [4.69, 9.17) is 14.6 Å². The summed E-state index contributed by atoms with van der Waals surface area (Å²) < 4.78 is 10.6. The quantitative estimate of drug-likeness (QED) is 0.685. The van der Waals surface area contributed by atoms with E-state index >= 15 is 0 Å². The van der Waals surface area contributed by atoms with Gasteiger partial charge in [0.25, 0.3) is 10.4 Å². The Hall–Kier alpha value is -1.95. The minimum Gasteiger partial charge on any atom is -0.440 e. The summed E-state index contributed by atoms with van der Waals surface area (Å²) in [7, 11) is 0. The lowest BCUT2D eigenvalue weighted by atomic mass is 10.3. The first kappa shape index (κ1) is 9.29. The van der Waals surface area contributed by atoms with Crippen LogP contribution in [0.25, 0.3) is 11.1 Å². The van der Waals surface area contributed by atoms with E-state index in [1.807, 2.05) is 0 Å².